The molecular weight excluding hydrogens is 258 g/mol. The number of nitrogens with one attached hydrogen (secondary N) is 1. The highest BCUT2D eigenvalue weighted by molar-refractivity contribution is 5.85. The van der Waals surface area contributed by atoms with Crippen LogP contribution in [0.4, 0.5) is 0 Å². The summed E-state index contributed by atoms with van der Waals surface area (Å²) >= 11 is 0. The SMILES string of the molecule is c1ccc2c(Cn3ccnc3CNC3CC3)cccc2c1. The van der Waals surface area contributed by atoms with Crippen molar-refractivity contribution in [1.82, 2.24) is 14.9 Å². The van der Waals surface area contributed by atoms with E-state index >= 15 is 0 Å². The summed E-state index contributed by atoms with van der Waals surface area (Å²) in [5, 5.41) is 6.17. The average Bonchev–Trinajstić information content (AvgIpc) is 3.25. The number of benzene rings is 2. The van der Waals surface area contributed by atoms with Gasteiger partial charge in [0.25, 0.3) is 0 Å². The minimum atomic E-state index is 0.715. The Morgan fingerprint density at radius 3 is 2.86 bits per heavy atom. The highest BCUT2D eigenvalue weighted by Gasteiger charge is 2.20. The lowest BCUT2D eigenvalue weighted by Crippen LogP contribution is -2.19. The fourth-order valence-electron chi connectivity index (χ4n) is 2.79. The summed E-state index contributed by atoms with van der Waals surface area (Å²) in [5.74, 6) is 1.12. The molecule has 106 valence electrons. The number of rotatable bonds is 5. The Morgan fingerprint density at radius 1 is 1.10 bits per heavy atom. The molecule has 1 saturated carbocycles. The van der Waals surface area contributed by atoms with Gasteiger partial charge in [-0.05, 0) is 29.2 Å². The molecule has 0 radical (unpaired) electrons. The molecule has 1 aliphatic carbocycles. The lowest BCUT2D eigenvalue weighted by molar-refractivity contribution is 0.619. The monoisotopic (exact) mass is 277 g/mol. The van der Waals surface area contributed by atoms with Crippen LogP contribution in [0.25, 0.3) is 10.8 Å². The van der Waals surface area contributed by atoms with Crippen molar-refractivity contribution in [2.45, 2.75) is 32.0 Å². The Bertz CT molecular complexity index is 751. The molecule has 0 atom stereocenters. The van der Waals surface area contributed by atoms with Crippen molar-refractivity contribution < 1.29 is 0 Å². The van der Waals surface area contributed by atoms with E-state index in [9.17, 15) is 0 Å². The number of hydrogen-bond acceptors (Lipinski definition) is 2. The van der Waals surface area contributed by atoms with Crippen molar-refractivity contribution in [3.8, 4) is 0 Å². The molecule has 1 fully saturated rings. The topological polar surface area (TPSA) is 29.9 Å². The van der Waals surface area contributed by atoms with Crippen LogP contribution in [0.1, 0.15) is 24.2 Å². The number of imidazole rings is 1. The molecule has 0 unspecified atom stereocenters. The molecule has 3 heteroatoms. The number of fused-ring (bicyclic) bond motifs is 1. The molecule has 0 aliphatic heterocycles. The number of aromatic nitrogens is 2. The Kier molecular flexibility index (Phi) is 3.20. The van der Waals surface area contributed by atoms with E-state index in [1.54, 1.807) is 0 Å². The van der Waals surface area contributed by atoms with Crippen LogP contribution in [0.15, 0.2) is 54.9 Å². The Hall–Kier alpha value is -2.13. The summed E-state index contributed by atoms with van der Waals surface area (Å²) in [6, 6.07) is 15.8. The summed E-state index contributed by atoms with van der Waals surface area (Å²) in [7, 11) is 0. The third kappa shape index (κ3) is 2.69. The van der Waals surface area contributed by atoms with Crippen molar-refractivity contribution in [2.24, 2.45) is 0 Å². The standard InChI is InChI=1S/C18H19N3/c1-2-7-17-14(4-1)5-3-6-15(17)13-21-11-10-19-18(21)12-20-16-8-9-16/h1-7,10-11,16,20H,8-9,12-13H2. The highest BCUT2D eigenvalue weighted by atomic mass is 15.1. The first-order valence-electron chi connectivity index (χ1n) is 7.60. The summed E-state index contributed by atoms with van der Waals surface area (Å²) < 4.78 is 2.25. The van der Waals surface area contributed by atoms with E-state index < -0.39 is 0 Å². The van der Waals surface area contributed by atoms with Crippen molar-refractivity contribution in [3.63, 3.8) is 0 Å². The first-order valence-corrected chi connectivity index (χ1v) is 7.60. The maximum absolute atomic E-state index is 4.49. The van der Waals surface area contributed by atoms with Crippen LogP contribution in [0.2, 0.25) is 0 Å². The fourth-order valence-corrected chi connectivity index (χ4v) is 2.79. The van der Waals surface area contributed by atoms with Gasteiger partial charge >= 0.3 is 0 Å². The number of nitrogens with zero attached hydrogens (tertiary/aromatic N) is 2. The molecule has 2 aromatic carbocycles. The second-order valence-corrected chi connectivity index (χ2v) is 5.76. The van der Waals surface area contributed by atoms with Gasteiger partial charge in [0.1, 0.15) is 5.82 Å². The molecule has 0 bridgehead atoms. The zero-order valence-electron chi connectivity index (χ0n) is 12.0. The molecule has 3 nitrogen and oxygen atoms in total. The third-order valence-electron chi connectivity index (χ3n) is 4.15. The molecule has 21 heavy (non-hydrogen) atoms. The molecule has 1 aliphatic rings. The maximum atomic E-state index is 4.49. The van der Waals surface area contributed by atoms with Gasteiger partial charge in [-0.15, -0.1) is 0 Å². The molecular formula is C18H19N3. The van der Waals surface area contributed by atoms with E-state index in [4.69, 9.17) is 0 Å². The largest absolute Gasteiger partial charge is 0.329 e. The van der Waals surface area contributed by atoms with E-state index in [0.717, 1.165) is 18.9 Å². The Balaban J connectivity index is 1.61. The molecule has 0 amide bonds. The fraction of sp³-hybridized carbons (Fsp3) is 0.278. The van der Waals surface area contributed by atoms with Crippen LogP contribution in [0.3, 0.4) is 0 Å². The lowest BCUT2D eigenvalue weighted by atomic mass is 10.0. The normalized spacial score (nSPS) is 14.7. The molecule has 1 aromatic heterocycles. The minimum Gasteiger partial charge on any atom is -0.329 e. The van der Waals surface area contributed by atoms with E-state index in [2.05, 4.69) is 63.5 Å². The van der Waals surface area contributed by atoms with Gasteiger partial charge in [0.15, 0.2) is 0 Å². The van der Waals surface area contributed by atoms with Crippen molar-refractivity contribution in [1.29, 1.82) is 0 Å². The lowest BCUT2D eigenvalue weighted by Gasteiger charge is -2.11. The van der Waals surface area contributed by atoms with Gasteiger partial charge in [0, 0.05) is 25.0 Å². The zero-order chi connectivity index (χ0) is 14.1. The zero-order valence-corrected chi connectivity index (χ0v) is 12.0. The van der Waals surface area contributed by atoms with Crippen LogP contribution in [0.5, 0.6) is 0 Å². The Labute approximate surface area is 124 Å². The maximum Gasteiger partial charge on any atom is 0.122 e. The van der Waals surface area contributed by atoms with Crippen molar-refractivity contribution in [2.75, 3.05) is 0 Å². The molecule has 0 saturated heterocycles. The molecule has 0 spiro atoms. The van der Waals surface area contributed by atoms with Gasteiger partial charge in [-0.1, -0.05) is 42.5 Å². The van der Waals surface area contributed by atoms with Gasteiger partial charge < -0.3 is 9.88 Å². The predicted molar refractivity (Wildman–Crippen MR) is 85.1 cm³/mol. The van der Waals surface area contributed by atoms with Gasteiger partial charge in [0.2, 0.25) is 0 Å². The first kappa shape index (κ1) is 12.6. The first-order chi connectivity index (χ1) is 10.4. The second kappa shape index (κ2) is 5.34. The van der Waals surface area contributed by atoms with E-state index in [1.807, 2.05) is 6.20 Å². The van der Waals surface area contributed by atoms with Gasteiger partial charge in [0.05, 0.1) is 6.54 Å². The molecule has 4 rings (SSSR count). The number of hydrogen-bond donors (Lipinski definition) is 1. The second-order valence-electron chi connectivity index (χ2n) is 5.76. The van der Waals surface area contributed by atoms with Gasteiger partial charge in [-0.3, -0.25) is 0 Å². The van der Waals surface area contributed by atoms with Crippen LogP contribution in [-0.4, -0.2) is 15.6 Å². The van der Waals surface area contributed by atoms with Gasteiger partial charge in [-0.2, -0.15) is 0 Å². The predicted octanol–water partition coefficient (Wildman–Crippen LogP) is 3.34. The quantitative estimate of drug-likeness (QED) is 0.775. The smallest absolute Gasteiger partial charge is 0.122 e. The van der Waals surface area contributed by atoms with Crippen LogP contribution in [-0.2, 0) is 13.1 Å². The van der Waals surface area contributed by atoms with Gasteiger partial charge in [-0.25, -0.2) is 4.98 Å². The molecule has 1 N–H and O–H groups in total. The third-order valence-corrected chi connectivity index (χ3v) is 4.15. The highest BCUT2D eigenvalue weighted by Crippen LogP contribution is 2.21. The van der Waals surface area contributed by atoms with Crippen LogP contribution >= 0.6 is 0 Å². The molecule has 1 heterocycles. The Morgan fingerprint density at radius 2 is 1.95 bits per heavy atom. The minimum absolute atomic E-state index is 0.715. The van der Waals surface area contributed by atoms with E-state index in [-0.39, 0.29) is 0 Å². The van der Waals surface area contributed by atoms with Crippen molar-refractivity contribution in [3.05, 3.63) is 66.2 Å². The van der Waals surface area contributed by atoms with Crippen LogP contribution < -0.4 is 5.32 Å². The summed E-state index contributed by atoms with van der Waals surface area (Å²) in [4.78, 5) is 4.49. The average molecular weight is 277 g/mol. The molecule has 3 aromatic rings. The van der Waals surface area contributed by atoms with Crippen LogP contribution in [0, 0.1) is 0 Å². The van der Waals surface area contributed by atoms with E-state index in [0.29, 0.717) is 6.04 Å². The van der Waals surface area contributed by atoms with E-state index in [1.165, 1.54) is 29.2 Å². The summed E-state index contributed by atoms with van der Waals surface area (Å²) in [6.45, 7) is 1.74. The van der Waals surface area contributed by atoms with Crippen molar-refractivity contribution >= 4 is 10.8 Å². The summed E-state index contributed by atoms with van der Waals surface area (Å²) in [6.07, 6.45) is 6.59. The summed E-state index contributed by atoms with van der Waals surface area (Å²) in [5.41, 5.74) is 1.35.